The fourth-order valence-corrected chi connectivity index (χ4v) is 1.58. The molecule has 0 aromatic carbocycles. The molecule has 0 radical (unpaired) electrons. The number of anilines is 1. The SMILES string of the molecule is C[C@H](Nc1cnccc1-c1cccnc1)C(=O)O. The van der Waals surface area contributed by atoms with Gasteiger partial charge in [-0.05, 0) is 19.1 Å². The predicted molar refractivity (Wildman–Crippen MR) is 68.2 cm³/mol. The van der Waals surface area contributed by atoms with Crippen LogP contribution in [0.1, 0.15) is 6.92 Å². The number of pyridine rings is 2. The van der Waals surface area contributed by atoms with E-state index in [-0.39, 0.29) is 0 Å². The summed E-state index contributed by atoms with van der Waals surface area (Å²) in [5.74, 6) is -0.906. The Morgan fingerprint density at radius 2 is 2.06 bits per heavy atom. The second-order valence-corrected chi connectivity index (χ2v) is 3.87. The summed E-state index contributed by atoms with van der Waals surface area (Å²) in [5.41, 5.74) is 2.48. The lowest BCUT2D eigenvalue weighted by molar-refractivity contribution is -0.137. The van der Waals surface area contributed by atoms with E-state index in [4.69, 9.17) is 5.11 Å². The standard InChI is InChI=1S/C13H13N3O2/c1-9(13(17)18)16-12-8-15-6-4-11(12)10-3-2-5-14-7-10/h2-9,16H,1H3,(H,17,18)/t9-/m0/s1. The zero-order valence-electron chi connectivity index (χ0n) is 9.87. The number of aliphatic carboxylic acids is 1. The molecule has 0 aliphatic rings. The van der Waals surface area contributed by atoms with Crippen LogP contribution in [-0.4, -0.2) is 27.1 Å². The first kappa shape index (κ1) is 12.0. The molecule has 2 rings (SSSR count). The number of hydrogen-bond acceptors (Lipinski definition) is 4. The molecule has 0 saturated heterocycles. The summed E-state index contributed by atoms with van der Waals surface area (Å²) in [6.07, 6.45) is 6.70. The Morgan fingerprint density at radius 1 is 1.28 bits per heavy atom. The zero-order chi connectivity index (χ0) is 13.0. The van der Waals surface area contributed by atoms with E-state index in [9.17, 15) is 4.79 Å². The van der Waals surface area contributed by atoms with Crippen molar-refractivity contribution in [3.63, 3.8) is 0 Å². The van der Waals surface area contributed by atoms with Crippen molar-refractivity contribution in [3.05, 3.63) is 43.0 Å². The van der Waals surface area contributed by atoms with E-state index in [1.54, 1.807) is 31.7 Å². The lowest BCUT2D eigenvalue weighted by Gasteiger charge is -2.14. The van der Waals surface area contributed by atoms with E-state index in [2.05, 4.69) is 15.3 Å². The van der Waals surface area contributed by atoms with Crippen molar-refractivity contribution in [1.29, 1.82) is 0 Å². The van der Waals surface area contributed by atoms with Crippen molar-refractivity contribution in [2.24, 2.45) is 0 Å². The molecular weight excluding hydrogens is 230 g/mol. The molecule has 0 spiro atoms. The highest BCUT2D eigenvalue weighted by Crippen LogP contribution is 2.26. The van der Waals surface area contributed by atoms with Gasteiger partial charge in [0.2, 0.25) is 0 Å². The molecule has 1 atom stereocenters. The fourth-order valence-electron chi connectivity index (χ4n) is 1.58. The van der Waals surface area contributed by atoms with E-state index in [0.29, 0.717) is 5.69 Å². The average molecular weight is 243 g/mol. The first-order valence-electron chi connectivity index (χ1n) is 5.52. The lowest BCUT2D eigenvalue weighted by atomic mass is 10.1. The van der Waals surface area contributed by atoms with Gasteiger partial charge >= 0.3 is 5.97 Å². The summed E-state index contributed by atoms with van der Waals surface area (Å²) in [6.45, 7) is 1.59. The number of nitrogens with one attached hydrogen (secondary N) is 1. The molecule has 5 heteroatoms. The Labute approximate surface area is 105 Å². The molecule has 2 aromatic heterocycles. The van der Waals surface area contributed by atoms with Crippen molar-refractivity contribution in [2.75, 3.05) is 5.32 Å². The third-order valence-electron chi connectivity index (χ3n) is 2.54. The highest BCUT2D eigenvalue weighted by molar-refractivity contribution is 5.82. The van der Waals surface area contributed by atoms with Crippen molar-refractivity contribution in [3.8, 4) is 11.1 Å². The Morgan fingerprint density at radius 3 is 2.72 bits per heavy atom. The molecule has 0 unspecified atom stereocenters. The van der Waals surface area contributed by atoms with Gasteiger partial charge in [-0.3, -0.25) is 14.8 Å². The second kappa shape index (κ2) is 5.27. The van der Waals surface area contributed by atoms with Crippen molar-refractivity contribution >= 4 is 11.7 Å². The van der Waals surface area contributed by atoms with Crippen LogP contribution in [-0.2, 0) is 4.79 Å². The number of carboxylic acid groups (broad SMARTS) is 1. The Hall–Kier alpha value is -2.43. The predicted octanol–water partition coefficient (Wildman–Crippen LogP) is 2.03. The highest BCUT2D eigenvalue weighted by Gasteiger charge is 2.13. The summed E-state index contributed by atoms with van der Waals surface area (Å²) in [7, 11) is 0. The van der Waals surface area contributed by atoms with E-state index in [1.807, 2.05) is 18.2 Å². The minimum Gasteiger partial charge on any atom is -0.480 e. The average Bonchev–Trinajstić information content (AvgIpc) is 2.40. The van der Waals surface area contributed by atoms with E-state index in [1.165, 1.54) is 0 Å². The largest absolute Gasteiger partial charge is 0.480 e. The molecule has 0 fully saturated rings. The van der Waals surface area contributed by atoms with Gasteiger partial charge in [0, 0.05) is 29.7 Å². The highest BCUT2D eigenvalue weighted by atomic mass is 16.4. The van der Waals surface area contributed by atoms with Crippen LogP contribution < -0.4 is 5.32 Å². The van der Waals surface area contributed by atoms with Gasteiger partial charge in [-0.2, -0.15) is 0 Å². The van der Waals surface area contributed by atoms with Crippen LogP contribution in [0, 0.1) is 0 Å². The molecule has 2 heterocycles. The second-order valence-electron chi connectivity index (χ2n) is 3.87. The normalized spacial score (nSPS) is 11.8. The van der Waals surface area contributed by atoms with E-state index >= 15 is 0 Å². The summed E-state index contributed by atoms with van der Waals surface area (Å²) in [6, 6.07) is 4.90. The van der Waals surface area contributed by atoms with Crippen LogP contribution in [0.25, 0.3) is 11.1 Å². The summed E-state index contributed by atoms with van der Waals surface area (Å²) < 4.78 is 0. The van der Waals surface area contributed by atoms with Gasteiger partial charge in [-0.25, -0.2) is 0 Å². The molecule has 2 aromatic rings. The maximum Gasteiger partial charge on any atom is 0.325 e. The monoisotopic (exact) mass is 243 g/mol. The first-order chi connectivity index (χ1) is 8.68. The zero-order valence-corrected chi connectivity index (χ0v) is 9.87. The molecule has 0 amide bonds. The van der Waals surface area contributed by atoms with Crippen LogP contribution in [0.5, 0.6) is 0 Å². The summed E-state index contributed by atoms with van der Waals surface area (Å²) >= 11 is 0. The number of hydrogen-bond donors (Lipinski definition) is 2. The van der Waals surface area contributed by atoms with Crippen LogP contribution in [0.3, 0.4) is 0 Å². The van der Waals surface area contributed by atoms with Crippen LogP contribution in [0.2, 0.25) is 0 Å². The van der Waals surface area contributed by atoms with Crippen LogP contribution >= 0.6 is 0 Å². The maximum absolute atomic E-state index is 10.9. The minimum absolute atomic E-state index is 0.676. The number of aromatic nitrogens is 2. The topological polar surface area (TPSA) is 75.1 Å². The maximum atomic E-state index is 10.9. The number of carbonyl (C=O) groups is 1. The van der Waals surface area contributed by atoms with Gasteiger partial charge in [0.25, 0.3) is 0 Å². The Kier molecular flexibility index (Phi) is 3.52. The molecule has 0 aliphatic heterocycles. The molecule has 92 valence electrons. The fraction of sp³-hybridized carbons (Fsp3) is 0.154. The van der Waals surface area contributed by atoms with Gasteiger partial charge in [-0.15, -0.1) is 0 Å². The van der Waals surface area contributed by atoms with Gasteiger partial charge in [0.1, 0.15) is 6.04 Å². The molecule has 5 nitrogen and oxygen atoms in total. The molecular formula is C13H13N3O2. The summed E-state index contributed by atoms with van der Waals surface area (Å²) in [4.78, 5) is 18.9. The van der Waals surface area contributed by atoms with Gasteiger partial charge in [0.05, 0.1) is 11.9 Å². The third kappa shape index (κ3) is 2.63. The molecule has 0 bridgehead atoms. The Balaban J connectivity index is 2.35. The Bertz CT molecular complexity index is 543. The number of nitrogens with zero attached hydrogens (tertiary/aromatic N) is 2. The van der Waals surface area contributed by atoms with Gasteiger partial charge in [0.15, 0.2) is 0 Å². The molecule has 18 heavy (non-hydrogen) atoms. The van der Waals surface area contributed by atoms with E-state index < -0.39 is 12.0 Å². The number of carboxylic acids is 1. The number of rotatable bonds is 4. The van der Waals surface area contributed by atoms with Gasteiger partial charge < -0.3 is 10.4 Å². The van der Waals surface area contributed by atoms with E-state index in [0.717, 1.165) is 11.1 Å². The van der Waals surface area contributed by atoms with Crippen molar-refractivity contribution < 1.29 is 9.90 Å². The minimum atomic E-state index is -0.906. The van der Waals surface area contributed by atoms with Crippen LogP contribution in [0.4, 0.5) is 5.69 Å². The lowest BCUT2D eigenvalue weighted by Crippen LogP contribution is -2.25. The van der Waals surface area contributed by atoms with Gasteiger partial charge in [-0.1, -0.05) is 6.07 Å². The molecule has 0 aliphatic carbocycles. The quantitative estimate of drug-likeness (QED) is 0.859. The molecule has 0 saturated carbocycles. The first-order valence-corrected chi connectivity index (χ1v) is 5.52. The van der Waals surface area contributed by atoms with Crippen molar-refractivity contribution in [1.82, 2.24) is 9.97 Å². The smallest absolute Gasteiger partial charge is 0.325 e. The van der Waals surface area contributed by atoms with Crippen molar-refractivity contribution in [2.45, 2.75) is 13.0 Å². The van der Waals surface area contributed by atoms with Crippen LogP contribution in [0.15, 0.2) is 43.0 Å². The summed E-state index contributed by atoms with van der Waals surface area (Å²) in [5, 5.41) is 11.8. The third-order valence-corrected chi connectivity index (χ3v) is 2.54. The molecule has 2 N–H and O–H groups in total.